The zero-order valence-corrected chi connectivity index (χ0v) is 14.7. The molecule has 1 unspecified atom stereocenters. The molecule has 3 N–H and O–H groups in total. The van der Waals surface area contributed by atoms with Crippen LogP contribution >= 0.6 is 23.7 Å². The fourth-order valence-electron chi connectivity index (χ4n) is 2.41. The predicted octanol–water partition coefficient (Wildman–Crippen LogP) is 1.18. The first-order valence-corrected chi connectivity index (χ1v) is 9.42. The molecule has 0 saturated carbocycles. The second-order valence-corrected chi connectivity index (χ2v) is 8.06. The van der Waals surface area contributed by atoms with Gasteiger partial charge in [-0.3, -0.25) is 4.79 Å². The van der Waals surface area contributed by atoms with E-state index in [4.69, 9.17) is 5.73 Å². The molecule has 2 rings (SSSR count). The summed E-state index contributed by atoms with van der Waals surface area (Å²) in [7, 11) is -3.55. The average molecular weight is 368 g/mol. The largest absolute Gasteiger partial charge is 0.355 e. The Morgan fingerprint density at radius 2 is 2.23 bits per heavy atom. The minimum Gasteiger partial charge on any atom is -0.355 e. The van der Waals surface area contributed by atoms with Gasteiger partial charge in [-0.05, 0) is 43.7 Å². The van der Waals surface area contributed by atoms with Gasteiger partial charge >= 0.3 is 0 Å². The molecule has 1 aromatic rings. The molecule has 1 amide bonds. The summed E-state index contributed by atoms with van der Waals surface area (Å²) >= 11 is 1.18. The number of hydrogen-bond acceptors (Lipinski definition) is 5. The van der Waals surface area contributed by atoms with E-state index in [-0.39, 0.29) is 18.3 Å². The number of carbonyl (C=O) groups is 1. The summed E-state index contributed by atoms with van der Waals surface area (Å²) in [4.78, 5) is 12.2. The Hall–Kier alpha value is -0.670. The zero-order valence-electron chi connectivity index (χ0n) is 12.2. The molecule has 2 heterocycles. The molecule has 0 spiro atoms. The van der Waals surface area contributed by atoms with Crippen molar-refractivity contribution in [2.24, 2.45) is 5.73 Å². The van der Waals surface area contributed by atoms with Gasteiger partial charge in [0.2, 0.25) is 5.91 Å². The molecule has 1 aromatic heterocycles. The van der Waals surface area contributed by atoms with Gasteiger partial charge in [-0.15, -0.1) is 23.7 Å². The highest BCUT2D eigenvalue weighted by Gasteiger charge is 2.39. The van der Waals surface area contributed by atoms with Gasteiger partial charge in [-0.1, -0.05) is 6.07 Å². The van der Waals surface area contributed by atoms with Crippen molar-refractivity contribution < 1.29 is 13.2 Å². The van der Waals surface area contributed by atoms with Crippen molar-refractivity contribution in [1.29, 1.82) is 0 Å². The van der Waals surface area contributed by atoms with Crippen molar-refractivity contribution >= 4 is 39.7 Å². The maximum atomic E-state index is 12.5. The Bertz CT molecular complexity index is 563. The van der Waals surface area contributed by atoms with Crippen molar-refractivity contribution in [3.8, 4) is 0 Å². The first-order chi connectivity index (χ1) is 10.1. The van der Waals surface area contributed by atoms with E-state index in [1.165, 1.54) is 15.6 Å². The molecule has 9 heteroatoms. The van der Waals surface area contributed by atoms with E-state index in [1.54, 1.807) is 17.5 Å². The van der Waals surface area contributed by atoms with Gasteiger partial charge in [0.25, 0.3) is 10.0 Å². The number of sulfonamides is 1. The standard InChI is InChI=1S/C13H21N3O3S2.ClH/c14-7-1-2-8-15-13(17)11-5-3-9-16(11)21(18,19)12-6-4-10-20-12;/h4,6,10-11H,1-3,5,7-9,14H2,(H,15,17);1H. The second kappa shape index (κ2) is 8.83. The monoisotopic (exact) mass is 367 g/mol. The maximum Gasteiger partial charge on any atom is 0.253 e. The summed E-state index contributed by atoms with van der Waals surface area (Å²) in [5.74, 6) is -0.204. The summed E-state index contributed by atoms with van der Waals surface area (Å²) in [5.41, 5.74) is 5.40. The van der Waals surface area contributed by atoms with Crippen molar-refractivity contribution in [2.45, 2.75) is 35.9 Å². The lowest BCUT2D eigenvalue weighted by Gasteiger charge is -2.22. The SMILES string of the molecule is Cl.NCCCCNC(=O)C1CCCN1S(=O)(=O)c1cccs1. The van der Waals surface area contributed by atoms with Crippen LogP contribution in [0.5, 0.6) is 0 Å². The van der Waals surface area contributed by atoms with Crippen LogP contribution in [-0.2, 0) is 14.8 Å². The fraction of sp³-hybridized carbons (Fsp3) is 0.615. The number of halogens is 1. The summed E-state index contributed by atoms with van der Waals surface area (Å²) in [5, 5.41) is 4.54. The number of hydrogen-bond donors (Lipinski definition) is 2. The van der Waals surface area contributed by atoms with Crippen molar-refractivity contribution in [2.75, 3.05) is 19.6 Å². The molecule has 0 aliphatic carbocycles. The van der Waals surface area contributed by atoms with E-state index in [2.05, 4.69) is 5.32 Å². The van der Waals surface area contributed by atoms with Crippen molar-refractivity contribution in [3.05, 3.63) is 17.5 Å². The van der Waals surface area contributed by atoms with Crippen molar-refractivity contribution in [3.63, 3.8) is 0 Å². The summed E-state index contributed by atoms with van der Waals surface area (Å²) in [6.07, 6.45) is 2.95. The van der Waals surface area contributed by atoms with E-state index < -0.39 is 16.1 Å². The van der Waals surface area contributed by atoms with Gasteiger partial charge in [-0.2, -0.15) is 4.31 Å². The Labute approximate surface area is 141 Å². The van der Waals surface area contributed by atoms with Crippen LogP contribution in [0.15, 0.2) is 21.7 Å². The molecule has 0 radical (unpaired) electrons. The Morgan fingerprint density at radius 1 is 1.45 bits per heavy atom. The van der Waals surface area contributed by atoms with E-state index in [1.807, 2.05) is 0 Å². The quantitative estimate of drug-likeness (QED) is 0.708. The fourth-order valence-corrected chi connectivity index (χ4v) is 5.19. The zero-order chi connectivity index (χ0) is 15.3. The lowest BCUT2D eigenvalue weighted by molar-refractivity contribution is -0.124. The smallest absolute Gasteiger partial charge is 0.253 e. The Morgan fingerprint density at radius 3 is 2.86 bits per heavy atom. The summed E-state index contributed by atoms with van der Waals surface area (Å²) in [6, 6.07) is 2.69. The van der Waals surface area contributed by atoms with Crippen LogP contribution in [0.25, 0.3) is 0 Å². The molecule has 0 bridgehead atoms. The molecule has 1 fully saturated rings. The number of rotatable bonds is 7. The maximum absolute atomic E-state index is 12.5. The van der Waals surface area contributed by atoms with Gasteiger partial charge in [0.05, 0.1) is 0 Å². The average Bonchev–Trinajstić information content (AvgIpc) is 3.13. The topological polar surface area (TPSA) is 92.5 Å². The molecule has 1 aliphatic rings. The Kier molecular flexibility index (Phi) is 7.78. The van der Waals surface area contributed by atoms with Crippen LogP contribution < -0.4 is 11.1 Å². The van der Waals surface area contributed by atoms with E-state index in [0.717, 1.165) is 12.8 Å². The molecular formula is C13H22ClN3O3S2. The first kappa shape index (κ1) is 19.4. The number of amides is 1. The molecular weight excluding hydrogens is 346 g/mol. The van der Waals surface area contributed by atoms with Gasteiger partial charge in [0, 0.05) is 13.1 Å². The number of nitrogens with zero attached hydrogens (tertiary/aromatic N) is 1. The molecule has 6 nitrogen and oxygen atoms in total. The van der Waals surface area contributed by atoms with Gasteiger partial charge < -0.3 is 11.1 Å². The number of nitrogens with one attached hydrogen (secondary N) is 1. The third-order valence-corrected chi connectivity index (χ3v) is 6.78. The molecule has 22 heavy (non-hydrogen) atoms. The lowest BCUT2D eigenvalue weighted by Crippen LogP contribution is -2.45. The first-order valence-electron chi connectivity index (χ1n) is 7.10. The molecule has 0 aromatic carbocycles. The summed E-state index contributed by atoms with van der Waals surface area (Å²) < 4.78 is 26.7. The van der Waals surface area contributed by atoms with E-state index in [9.17, 15) is 13.2 Å². The van der Waals surface area contributed by atoms with Crippen LogP contribution in [0.4, 0.5) is 0 Å². The van der Waals surface area contributed by atoms with Crippen LogP contribution in [0.1, 0.15) is 25.7 Å². The van der Waals surface area contributed by atoms with Gasteiger partial charge in [0.1, 0.15) is 10.3 Å². The highest BCUT2D eigenvalue weighted by molar-refractivity contribution is 7.91. The van der Waals surface area contributed by atoms with Crippen LogP contribution in [0, 0.1) is 0 Å². The van der Waals surface area contributed by atoms with Crippen LogP contribution in [0.3, 0.4) is 0 Å². The minimum atomic E-state index is -3.55. The highest BCUT2D eigenvalue weighted by Crippen LogP contribution is 2.28. The van der Waals surface area contributed by atoms with Gasteiger partial charge in [-0.25, -0.2) is 8.42 Å². The molecule has 126 valence electrons. The summed E-state index contributed by atoms with van der Waals surface area (Å²) in [6.45, 7) is 1.54. The third kappa shape index (κ3) is 4.42. The number of carbonyl (C=O) groups excluding carboxylic acids is 1. The molecule has 1 aliphatic heterocycles. The third-order valence-electron chi connectivity index (χ3n) is 3.49. The predicted molar refractivity (Wildman–Crippen MR) is 89.8 cm³/mol. The Balaban J connectivity index is 0.00000242. The van der Waals surface area contributed by atoms with E-state index >= 15 is 0 Å². The second-order valence-electron chi connectivity index (χ2n) is 4.99. The molecule has 1 atom stereocenters. The lowest BCUT2D eigenvalue weighted by atomic mass is 10.2. The van der Waals surface area contributed by atoms with Crippen LogP contribution in [0.2, 0.25) is 0 Å². The van der Waals surface area contributed by atoms with Crippen molar-refractivity contribution in [1.82, 2.24) is 9.62 Å². The highest BCUT2D eigenvalue weighted by atomic mass is 35.5. The molecule has 1 saturated heterocycles. The van der Waals surface area contributed by atoms with Crippen LogP contribution in [-0.4, -0.2) is 44.3 Å². The number of thiophene rings is 1. The number of unbranched alkanes of at least 4 members (excludes halogenated alkanes) is 1. The number of nitrogens with two attached hydrogens (primary N) is 1. The van der Waals surface area contributed by atoms with Gasteiger partial charge in [0.15, 0.2) is 0 Å². The minimum absolute atomic E-state index is 0. The van der Waals surface area contributed by atoms with E-state index in [0.29, 0.717) is 36.7 Å². The normalized spacial score (nSPS) is 18.9.